The molecule has 0 heterocycles. The molecular weight excluding hydrogens is 570 g/mol. The summed E-state index contributed by atoms with van der Waals surface area (Å²) >= 11 is 0. The first-order chi connectivity index (χ1) is 20.5. The minimum absolute atomic E-state index is 0.0785. The van der Waals surface area contributed by atoms with Crippen LogP contribution in [0.2, 0.25) is 0 Å². The van der Waals surface area contributed by atoms with Crippen molar-refractivity contribution in [2.75, 3.05) is 38.7 Å². The number of carbonyl (C=O) groups excluding carboxylic acids is 2. The number of sulfonamides is 1. The molecular formula is C32H41N3O7S. The van der Waals surface area contributed by atoms with Crippen molar-refractivity contribution in [3.8, 4) is 17.2 Å². The molecule has 0 unspecified atom stereocenters. The number of ether oxygens (including phenoxy) is 3. The molecule has 2 amide bonds. The summed E-state index contributed by atoms with van der Waals surface area (Å²) in [4.78, 5) is 28.9. The van der Waals surface area contributed by atoms with Gasteiger partial charge in [0.1, 0.15) is 18.3 Å². The highest BCUT2D eigenvalue weighted by Crippen LogP contribution is 2.32. The number of benzene rings is 3. The number of rotatable bonds is 15. The first kappa shape index (κ1) is 33.3. The molecule has 43 heavy (non-hydrogen) atoms. The number of nitrogens with zero attached hydrogens (tertiary/aromatic N) is 2. The normalized spacial score (nSPS) is 11.9. The van der Waals surface area contributed by atoms with Crippen LogP contribution in [-0.2, 0) is 26.2 Å². The number of amides is 2. The summed E-state index contributed by atoms with van der Waals surface area (Å²) in [7, 11) is 0.174. The van der Waals surface area contributed by atoms with E-state index in [2.05, 4.69) is 5.32 Å². The summed E-state index contributed by atoms with van der Waals surface area (Å²) in [5.41, 5.74) is 1.06. The van der Waals surface area contributed by atoms with Crippen LogP contribution in [0, 0.1) is 5.92 Å². The van der Waals surface area contributed by atoms with Crippen LogP contribution in [0.15, 0.2) is 77.7 Å². The van der Waals surface area contributed by atoms with E-state index in [9.17, 15) is 18.0 Å². The molecule has 0 saturated heterocycles. The van der Waals surface area contributed by atoms with E-state index in [-0.39, 0.29) is 29.0 Å². The highest BCUT2D eigenvalue weighted by Gasteiger charge is 2.34. The third-order valence-corrected chi connectivity index (χ3v) is 8.62. The zero-order valence-corrected chi connectivity index (χ0v) is 26.4. The third kappa shape index (κ3) is 8.41. The second kappa shape index (κ2) is 15.3. The fraction of sp³-hybridized carbons (Fsp3) is 0.375. The zero-order valence-electron chi connectivity index (χ0n) is 25.6. The first-order valence-corrected chi connectivity index (χ1v) is 15.5. The van der Waals surface area contributed by atoms with Gasteiger partial charge in [0.05, 0.1) is 31.9 Å². The largest absolute Gasteiger partial charge is 0.497 e. The quantitative estimate of drug-likeness (QED) is 0.269. The van der Waals surface area contributed by atoms with Gasteiger partial charge < -0.3 is 24.4 Å². The van der Waals surface area contributed by atoms with Crippen molar-refractivity contribution in [3.63, 3.8) is 0 Å². The van der Waals surface area contributed by atoms with E-state index in [1.54, 1.807) is 49.6 Å². The summed E-state index contributed by atoms with van der Waals surface area (Å²) in [6, 6.07) is 19.0. The van der Waals surface area contributed by atoms with E-state index in [1.165, 1.54) is 37.3 Å². The number of anilines is 1. The Balaban J connectivity index is 2.05. The molecule has 11 heteroatoms. The zero-order chi connectivity index (χ0) is 31.6. The lowest BCUT2D eigenvalue weighted by molar-refractivity contribution is -0.140. The summed E-state index contributed by atoms with van der Waals surface area (Å²) in [6.45, 7) is 5.80. The van der Waals surface area contributed by atoms with E-state index in [1.807, 2.05) is 32.9 Å². The monoisotopic (exact) mass is 611 g/mol. The lowest BCUT2D eigenvalue weighted by Crippen LogP contribution is -2.52. The van der Waals surface area contributed by atoms with Crippen molar-refractivity contribution in [3.05, 3.63) is 78.4 Å². The van der Waals surface area contributed by atoms with Crippen LogP contribution < -0.4 is 23.8 Å². The molecule has 3 aromatic rings. The van der Waals surface area contributed by atoms with Gasteiger partial charge in [-0.3, -0.25) is 13.9 Å². The van der Waals surface area contributed by atoms with Gasteiger partial charge in [0.2, 0.25) is 11.8 Å². The van der Waals surface area contributed by atoms with Gasteiger partial charge >= 0.3 is 0 Å². The second-order valence-corrected chi connectivity index (χ2v) is 12.2. The summed E-state index contributed by atoms with van der Waals surface area (Å²) in [5, 5.41) is 2.93. The lowest BCUT2D eigenvalue weighted by atomic mass is 10.1. The Kier molecular flexibility index (Phi) is 11.8. The van der Waals surface area contributed by atoms with Gasteiger partial charge in [-0.1, -0.05) is 51.1 Å². The molecule has 0 aliphatic heterocycles. The van der Waals surface area contributed by atoms with Crippen molar-refractivity contribution >= 4 is 27.5 Å². The fourth-order valence-corrected chi connectivity index (χ4v) is 5.93. The molecule has 1 atom stereocenters. The van der Waals surface area contributed by atoms with Crippen LogP contribution in [0.1, 0.15) is 32.8 Å². The summed E-state index contributed by atoms with van der Waals surface area (Å²) in [6.07, 6.45) is 0.333. The molecule has 232 valence electrons. The Morgan fingerprint density at radius 2 is 1.51 bits per heavy atom. The van der Waals surface area contributed by atoms with Crippen molar-refractivity contribution in [2.24, 2.45) is 5.92 Å². The summed E-state index contributed by atoms with van der Waals surface area (Å²) < 4.78 is 45.1. The molecule has 0 radical (unpaired) electrons. The topological polar surface area (TPSA) is 114 Å². The maximum atomic E-state index is 14.2. The number of methoxy groups -OCH3 is 3. The average molecular weight is 612 g/mol. The van der Waals surface area contributed by atoms with Crippen molar-refractivity contribution in [1.29, 1.82) is 0 Å². The van der Waals surface area contributed by atoms with Gasteiger partial charge in [0.15, 0.2) is 11.5 Å². The van der Waals surface area contributed by atoms with Crippen LogP contribution in [0.5, 0.6) is 17.2 Å². The van der Waals surface area contributed by atoms with E-state index < -0.39 is 28.5 Å². The third-order valence-electron chi connectivity index (χ3n) is 6.85. The molecule has 3 aromatic carbocycles. The Bertz CT molecular complexity index is 1460. The molecule has 0 spiro atoms. The Labute approximate surface area is 254 Å². The second-order valence-electron chi connectivity index (χ2n) is 10.3. The van der Waals surface area contributed by atoms with Gasteiger partial charge in [0, 0.05) is 19.2 Å². The lowest BCUT2D eigenvalue weighted by Gasteiger charge is -2.33. The average Bonchev–Trinajstić information content (AvgIpc) is 3.02. The Morgan fingerprint density at radius 1 is 0.860 bits per heavy atom. The van der Waals surface area contributed by atoms with E-state index in [4.69, 9.17) is 14.2 Å². The van der Waals surface area contributed by atoms with Gasteiger partial charge in [-0.2, -0.15) is 0 Å². The van der Waals surface area contributed by atoms with Crippen LogP contribution in [-0.4, -0.2) is 65.6 Å². The van der Waals surface area contributed by atoms with Crippen molar-refractivity contribution in [2.45, 2.75) is 44.7 Å². The maximum absolute atomic E-state index is 14.2. The van der Waals surface area contributed by atoms with Crippen LogP contribution >= 0.6 is 0 Å². The number of nitrogens with one attached hydrogen (secondary N) is 1. The van der Waals surface area contributed by atoms with E-state index in [0.29, 0.717) is 30.2 Å². The van der Waals surface area contributed by atoms with Crippen molar-refractivity contribution in [1.82, 2.24) is 10.2 Å². The predicted octanol–water partition coefficient (Wildman–Crippen LogP) is 4.49. The highest BCUT2D eigenvalue weighted by molar-refractivity contribution is 7.92. The molecule has 0 aliphatic rings. The molecule has 1 N–H and O–H groups in total. The fourth-order valence-electron chi connectivity index (χ4n) is 4.50. The van der Waals surface area contributed by atoms with Crippen LogP contribution in [0.4, 0.5) is 5.69 Å². The standard InChI is InChI=1S/C32H41N3O7S/c1-7-28(32(37)33-20-23(2)3)34(21-24-13-15-26(40-4)16-14-24)31(36)22-35(25-11-9-8-10-12-25)43(38,39)27-17-18-29(41-5)30(19-27)42-6/h8-19,23,28H,7,20-22H2,1-6H3,(H,33,37)/t28-/m0/s1. The molecule has 3 rings (SSSR count). The first-order valence-electron chi connectivity index (χ1n) is 14.1. The molecule has 0 saturated carbocycles. The number of hydrogen-bond acceptors (Lipinski definition) is 7. The van der Waals surface area contributed by atoms with Gasteiger partial charge in [-0.05, 0) is 54.3 Å². The van der Waals surface area contributed by atoms with Crippen LogP contribution in [0.3, 0.4) is 0 Å². The Morgan fingerprint density at radius 3 is 2.07 bits per heavy atom. The predicted molar refractivity (Wildman–Crippen MR) is 166 cm³/mol. The SMILES string of the molecule is CC[C@@H](C(=O)NCC(C)C)N(Cc1ccc(OC)cc1)C(=O)CN(c1ccccc1)S(=O)(=O)c1ccc(OC)c(OC)c1. The minimum Gasteiger partial charge on any atom is -0.497 e. The molecule has 0 aliphatic carbocycles. The van der Waals surface area contributed by atoms with Gasteiger partial charge in [-0.15, -0.1) is 0 Å². The van der Waals surface area contributed by atoms with E-state index in [0.717, 1.165) is 9.87 Å². The van der Waals surface area contributed by atoms with Crippen LogP contribution in [0.25, 0.3) is 0 Å². The summed E-state index contributed by atoms with van der Waals surface area (Å²) in [5.74, 6) is 0.638. The Hall–Kier alpha value is -4.25. The molecule has 0 fully saturated rings. The van der Waals surface area contributed by atoms with Crippen molar-refractivity contribution < 1.29 is 32.2 Å². The molecule has 0 aromatic heterocycles. The molecule has 0 bridgehead atoms. The maximum Gasteiger partial charge on any atom is 0.264 e. The van der Waals surface area contributed by atoms with E-state index >= 15 is 0 Å². The van der Waals surface area contributed by atoms with Gasteiger partial charge in [0.25, 0.3) is 10.0 Å². The number of para-hydroxylation sites is 1. The smallest absolute Gasteiger partial charge is 0.264 e. The van der Waals surface area contributed by atoms with Gasteiger partial charge in [-0.25, -0.2) is 8.42 Å². The minimum atomic E-state index is -4.26. The molecule has 10 nitrogen and oxygen atoms in total. The number of carbonyl (C=O) groups is 2. The number of hydrogen-bond donors (Lipinski definition) is 1. The highest BCUT2D eigenvalue weighted by atomic mass is 32.2.